The summed E-state index contributed by atoms with van der Waals surface area (Å²) >= 11 is 0. The summed E-state index contributed by atoms with van der Waals surface area (Å²) in [4.78, 5) is 11.0. The van der Waals surface area contributed by atoms with Gasteiger partial charge in [0.1, 0.15) is 11.6 Å². The zero-order valence-corrected chi connectivity index (χ0v) is 13.4. The molecule has 0 unspecified atom stereocenters. The molecular formula is C16H23N5O. The number of ether oxygens (including phenoxy) is 1. The standard InChI is InChI=1S/C16H23N5O/c1-12(15-5-4-6-17-9-15)20-7-8-22-16(10-20)11-21-14(3)18-13(2)19-21/h4-6,9,12,16H,7-8,10-11H2,1-3H3/t12-,16+/m0/s1. The molecule has 118 valence electrons. The number of aromatic nitrogens is 4. The molecule has 2 aromatic heterocycles. The molecule has 1 saturated heterocycles. The van der Waals surface area contributed by atoms with E-state index in [1.165, 1.54) is 5.56 Å². The molecular weight excluding hydrogens is 278 g/mol. The largest absolute Gasteiger partial charge is 0.374 e. The lowest BCUT2D eigenvalue weighted by atomic mass is 10.1. The zero-order valence-electron chi connectivity index (χ0n) is 13.4. The molecule has 6 heteroatoms. The van der Waals surface area contributed by atoms with E-state index >= 15 is 0 Å². The van der Waals surface area contributed by atoms with Crippen molar-refractivity contribution >= 4 is 0 Å². The predicted molar refractivity (Wildman–Crippen MR) is 83.5 cm³/mol. The van der Waals surface area contributed by atoms with Gasteiger partial charge >= 0.3 is 0 Å². The maximum atomic E-state index is 5.92. The van der Waals surface area contributed by atoms with E-state index in [0.29, 0.717) is 6.04 Å². The van der Waals surface area contributed by atoms with Crippen molar-refractivity contribution in [3.05, 3.63) is 41.7 Å². The first kappa shape index (κ1) is 15.1. The van der Waals surface area contributed by atoms with Crippen LogP contribution in [-0.2, 0) is 11.3 Å². The molecule has 3 rings (SSSR count). The minimum atomic E-state index is 0.146. The first-order valence-corrected chi connectivity index (χ1v) is 7.77. The number of aryl methyl sites for hydroxylation is 2. The highest BCUT2D eigenvalue weighted by atomic mass is 16.5. The third-order valence-corrected chi connectivity index (χ3v) is 4.22. The van der Waals surface area contributed by atoms with Crippen LogP contribution in [0.25, 0.3) is 0 Å². The molecule has 0 spiro atoms. The predicted octanol–water partition coefficient (Wildman–Crippen LogP) is 1.75. The fourth-order valence-electron chi connectivity index (χ4n) is 2.97. The molecule has 22 heavy (non-hydrogen) atoms. The van der Waals surface area contributed by atoms with Crippen molar-refractivity contribution in [3.8, 4) is 0 Å². The fraction of sp³-hybridized carbons (Fsp3) is 0.562. The van der Waals surface area contributed by atoms with Crippen molar-refractivity contribution in [3.63, 3.8) is 0 Å². The number of pyridine rings is 1. The highest BCUT2D eigenvalue weighted by molar-refractivity contribution is 5.13. The van der Waals surface area contributed by atoms with E-state index in [1.807, 2.05) is 37.0 Å². The summed E-state index contributed by atoms with van der Waals surface area (Å²) < 4.78 is 7.86. The topological polar surface area (TPSA) is 56.1 Å². The van der Waals surface area contributed by atoms with Crippen molar-refractivity contribution in [2.75, 3.05) is 19.7 Å². The Morgan fingerprint density at radius 3 is 2.95 bits per heavy atom. The van der Waals surface area contributed by atoms with Gasteiger partial charge in [0, 0.05) is 31.5 Å². The van der Waals surface area contributed by atoms with Crippen molar-refractivity contribution in [2.45, 2.75) is 39.5 Å². The molecule has 0 aromatic carbocycles. The second-order valence-corrected chi connectivity index (χ2v) is 5.84. The average Bonchev–Trinajstić information content (AvgIpc) is 2.85. The number of rotatable bonds is 4. The molecule has 2 aromatic rings. The van der Waals surface area contributed by atoms with Gasteiger partial charge < -0.3 is 4.74 Å². The van der Waals surface area contributed by atoms with Gasteiger partial charge in [-0.25, -0.2) is 9.67 Å². The summed E-state index contributed by atoms with van der Waals surface area (Å²) in [5, 5.41) is 4.43. The summed E-state index contributed by atoms with van der Waals surface area (Å²) in [5.74, 6) is 1.76. The highest BCUT2D eigenvalue weighted by Crippen LogP contribution is 2.22. The third-order valence-electron chi connectivity index (χ3n) is 4.22. The lowest BCUT2D eigenvalue weighted by Gasteiger charge is -2.37. The van der Waals surface area contributed by atoms with Crippen molar-refractivity contribution < 1.29 is 4.74 Å². The van der Waals surface area contributed by atoms with Crippen molar-refractivity contribution in [1.29, 1.82) is 0 Å². The van der Waals surface area contributed by atoms with Gasteiger partial charge in [0.25, 0.3) is 0 Å². The molecule has 0 aliphatic carbocycles. The van der Waals surface area contributed by atoms with Crippen LogP contribution in [0.5, 0.6) is 0 Å². The van der Waals surface area contributed by atoms with E-state index in [0.717, 1.165) is 37.9 Å². The van der Waals surface area contributed by atoms with Gasteiger partial charge in [-0.2, -0.15) is 5.10 Å². The molecule has 0 bridgehead atoms. The lowest BCUT2D eigenvalue weighted by molar-refractivity contribution is -0.0500. The van der Waals surface area contributed by atoms with E-state index in [4.69, 9.17) is 4.74 Å². The van der Waals surface area contributed by atoms with Crippen molar-refractivity contribution in [2.24, 2.45) is 0 Å². The molecule has 6 nitrogen and oxygen atoms in total. The SMILES string of the molecule is Cc1nc(C)n(C[C@H]2CN([C@@H](C)c3cccnc3)CCO2)n1. The Bertz CT molecular complexity index is 612. The second-order valence-electron chi connectivity index (χ2n) is 5.84. The molecule has 0 radical (unpaired) electrons. The van der Waals surface area contributed by atoms with Gasteiger partial charge in [-0.1, -0.05) is 6.07 Å². The Hall–Kier alpha value is -1.79. The van der Waals surface area contributed by atoms with E-state index < -0.39 is 0 Å². The Labute approximate surface area is 131 Å². The van der Waals surface area contributed by atoms with Crippen LogP contribution in [0.4, 0.5) is 0 Å². The maximum Gasteiger partial charge on any atom is 0.147 e. The molecule has 1 aliphatic heterocycles. The van der Waals surface area contributed by atoms with E-state index in [2.05, 4.69) is 33.0 Å². The summed E-state index contributed by atoms with van der Waals surface area (Å²) in [7, 11) is 0. The van der Waals surface area contributed by atoms with Crippen LogP contribution in [0, 0.1) is 13.8 Å². The highest BCUT2D eigenvalue weighted by Gasteiger charge is 2.26. The van der Waals surface area contributed by atoms with Crippen LogP contribution < -0.4 is 0 Å². The normalized spacial score (nSPS) is 21.0. The first-order valence-electron chi connectivity index (χ1n) is 7.77. The van der Waals surface area contributed by atoms with E-state index in [-0.39, 0.29) is 6.10 Å². The molecule has 0 amide bonds. The zero-order chi connectivity index (χ0) is 15.5. The van der Waals surface area contributed by atoms with Crippen LogP contribution in [-0.4, -0.2) is 50.4 Å². The minimum Gasteiger partial charge on any atom is -0.374 e. The van der Waals surface area contributed by atoms with Crippen LogP contribution in [0.15, 0.2) is 24.5 Å². The van der Waals surface area contributed by atoms with Gasteiger partial charge in [-0.15, -0.1) is 0 Å². The van der Waals surface area contributed by atoms with Gasteiger partial charge in [-0.3, -0.25) is 9.88 Å². The molecule has 1 aliphatic rings. The van der Waals surface area contributed by atoms with Crippen molar-refractivity contribution in [1.82, 2.24) is 24.6 Å². The average molecular weight is 301 g/mol. The Morgan fingerprint density at radius 2 is 2.27 bits per heavy atom. The molecule has 3 heterocycles. The maximum absolute atomic E-state index is 5.92. The monoisotopic (exact) mass is 301 g/mol. The number of hydrogen-bond acceptors (Lipinski definition) is 5. The Balaban J connectivity index is 1.65. The fourth-order valence-corrected chi connectivity index (χ4v) is 2.97. The second kappa shape index (κ2) is 6.54. The number of nitrogens with zero attached hydrogens (tertiary/aromatic N) is 5. The van der Waals surface area contributed by atoms with Gasteiger partial charge in [-0.05, 0) is 32.4 Å². The number of hydrogen-bond donors (Lipinski definition) is 0. The van der Waals surface area contributed by atoms with Crippen LogP contribution >= 0.6 is 0 Å². The first-order chi connectivity index (χ1) is 10.6. The molecule has 2 atom stereocenters. The van der Waals surface area contributed by atoms with Gasteiger partial charge in [0.15, 0.2) is 0 Å². The quantitative estimate of drug-likeness (QED) is 0.861. The molecule has 1 fully saturated rings. The Morgan fingerprint density at radius 1 is 1.41 bits per heavy atom. The van der Waals surface area contributed by atoms with Crippen LogP contribution in [0.2, 0.25) is 0 Å². The smallest absolute Gasteiger partial charge is 0.147 e. The molecule has 0 N–H and O–H groups in total. The third kappa shape index (κ3) is 3.34. The van der Waals surface area contributed by atoms with E-state index in [9.17, 15) is 0 Å². The lowest BCUT2D eigenvalue weighted by Crippen LogP contribution is -2.45. The summed E-state index contributed by atoms with van der Waals surface area (Å²) in [6, 6.07) is 4.47. The summed E-state index contributed by atoms with van der Waals surface area (Å²) in [5.41, 5.74) is 1.25. The molecule has 0 saturated carbocycles. The summed E-state index contributed by atoms with van der Waals surface area (Å²) in [6.07, 6.45) is 3.90. The Kier molecular flexibility index (Phi) is 4.49. The minimum absolute atomic E-state index is 0.146. The van der Waals surface area contributed by atoms with Gasteiger partial charge in [0.05, 0.1) is 19.3 Å². The van der Waals surface area contributed by atoms with Crippen LogP contribution in [0.3, 0.4) is 0 Å². The number of morpholine rings is 1. The van der Waals surface area contributed by atoms with Crippen LogP contribution in [0.1, 0.15) is 30.2 Å². The van der Waals surface area contributed by atoms with Gasteiger partial charge in [0.2, 0.25) is 0 Å². The van der Waals surface area contributed by atoms with E-state index in [1.54, 1.807) is 0 Å². The summed E-state index contributed by atoms with van der Waals surface area (Å²) in [6.45, 7) is 9.48.